The molecule has 0 saturated carbocycles. The van der Waals surface area contributed by atoms with E-state index in [1.54, 1.807) is 7.11 Å². The summed E-state index contributed by atoms with van der Waals surface area (Å²) >= 11 is 0. The highest BCUT2D eigenvalue weighted by Gasteiger charge is 2.07. The van der Waals surface area contributed by atoms with E-state index >= 15 is 0 Å². The molecule has 4 nitrogen and oxygen atoms in total. The lowest BCUT2D eigenvalue weighted by atomic mass is 10.2. The van der Waals surface area contributed by atoms with Gasteiger partial charge >= 0.3 is 5.97 Å². The van der Waals surface area contributed by atoms with E-state index in [0.29, 0.717) is 6.54 Å². The summed E-state index contributed by atoms with van der Waals surface area (Å²) in [5, 5.41) is 9.81. The van der Waals surface area contributed by atoms with Gasteiger partial charge in [0.05, 0.1) is 13.5 Å². The molecule has 90 valence electrons. The summed E-state index contributed by atoms with van der Waals surface area (Å²) in [6.45, 7) is 2.51. The highest BCUT2D eigenvalue weighted by molar-refractivity contribution is 5.85. The molecule has 1 heterocycles. The van der Waals surface area contributed by atoms with E-state index in [0.717, 1.165) is 22.2 Å². The molecule has 0 fully saturated rings. The van der Waals surface area contributed by atoms with E-state index in [9.17, 15) is 4.79 Å². The van der Waals surface area contributed by atoms with Crippen LogP contribution < -0.4 is 4.74 Å². The van der Waals surface area contributed by atoms with Gasteiger partial charge in [-0.1, -0.05) is 0 Å². The van der Waals surface area contributed by atoms with Crippen molar-refractivity contribution in [2.45, 2.75) is 19.9 Å². The van der Waals surface area contributed by atoms with Gasteiger partial charge < -0.3 is 14.4 Å². The fourth-order valence-electron chi connectivity index (χ4n) is 1.98. The summed E-state index contributed by atoms with van der Waals surface area (Å²) in [5.74, 6) is 0.0367. The first-order chi connectivity index (χ1) is 8.11. The summed E-state index contributed by atoms with van der Waals surface area (Å²) in [4.78, 5) is 10.6. The third kappa shape index (κ3) is 2.25. The van der Waals surface area contributed by atoms with Crippen LogP contribution in [0.25, 0.3) is 10.9 Å². The van der Waals surface area contributed by atoms with Crippen LogP contribution in [0.3, 0.4) is 0 Å². The lowest BCUT2D eigenvalue weighted by Gasteiger charge is -2.04. The van der Waals surface area contributed by atoms with Gasteiger partial charge in [0.25, 0.3) is 0 Å². The van der Waals surface area contributed by atoms with Crippen molar-refractivity contribution in [1.29, 1.82) is 0 Å². The molecule has 17 heavy (non-hydrogen) atoms. The number of hydrogen-bond acceptors (Lipinski definition) is 2. The average Bonchev–Trinajstić information content (AvgIpc) is 2.63. The molecule has 0 aliphatic rings. The zero-order chi connectivity index (χ0) is 12.4. The van der Waals surface area contributed by atoms with Gasteiger partial charge in [0, 0.05) is 23.6 Å². The van der Waals surface area contributed by atoms with Gasteiger partial charge in [-0.05, 0) is 30.7 Å². The number of aromatic nitrogens is 1. The second kappa shape index (κ2) is 4.49. The van der Waals surface area contributed by atoms with E-state index in [2.05, 4.69) is 0 Å². The Kier molecular flexibility index (Phi) is 3.04. The fraction of sp³-hybridized carbons (Fsp3) is 0.308. The lowest BCUT2D eigenvalue weighted by molar-refractivity contribution is -0.137. The van der Waals surface area contributed by atoms with Crippen LogP contribution in [-0.4, -0.2) is 22.8 Å². The van der Waals surface area contributed by atoms with Gasteiger partial charge in [-0.3, -0.25) is 4.79 Å². The number of nitrogens with zero attached hydrogens (tertiary/aromatic N) is 1. The molecule has 0 saturated heterocycles. The number of carboxylic acid groups (broad SMARTS) is 1. The zero-order valence-electron chi connectivity index (χ0n) is 9.93. The molecular weight excluding hydrogens is 218 g/mol. The molecule has 0 radical (unpaired) electrons. The van der Waals surface area contributed by atoms with E-state index in [1.807, 2.05) is 35.9 Å². The summed E-state index contributed by atoms with van der Waals surface area (Å²) in [5.41, 5.74) is 2.17. The third-order valence-electron chi connectivity index (χ3n) is 2.85. The number of methoxy groups -OCH3 is 1. The van der Waals surface area contributed by atoms with Gasteiger partial charge in [-0.25, -0.2) is 0 Å². The van der Waals surface area contributed by atoms with Crippen molar-refractivity contribution in [3.05, 3.63) is 30.0 Å². The molecule has 1 aromatic carbocycles. The number of aliphatic carboxylic acids is 1. The fourth-order valence-corrected chi connectivity index (χ4v) is 1.98. The largest absolute Gasteiger partial charge is 0.497 e. The molecule has 0 amide bonds. The van der Waals surface area contributed by atoms with Gasteiger partial charge in [0.1, 0.15) is 5.75 Å². The van der Waals surface area contributed by atoms with Crippen LogP contribution in [0.2, 0.25) is 0 Å². The number of benzene rings is 1. The van der Waals surface area contributed by atoms with Crippen LogP contribution in [0.4, 0.5) is 0 Å². The Morgan fingerprint density at radius 1 is 1.47 bits per heavy atom. The minimum absolute atomic E-state index is 0.134. The first kappa shape index (κ1) is 11.5. The van der Waals surface area contributed by atoms with Gasteiger partial charge in [0.2, 0.25) is 0 Å². The molecule has 1 aromatic heterocycles. The quantitative estimate of drug-likeness (QED) is 0.882. The Balaban J connectivity index is 2.41. The third-order valence-corrected chi connectivity index (χ3v) is 2.85. The van der Waals surface area contributed by atoms with Crippen molar-refractivity contribution in [3.8, 4) is 5.75 Å². The predicted molar refractivity (Wildman–Crippen MR) is 65.5 cm³/mol. The van der Waals surface area contributed by atoms with Gasteiger partial charge in [0.15, 0.2) is 0 Å². The molecule has 0 spiro atoms. The van der Waals surface area contributed by atoms with Crippen molar-refractivity contribution in [3.63, 3.8) is 0 Å². The van der Waals surface area contributed by atoms with Crippen LogP contribution in [0.15, 0.2) is 24.4 Å². The first-order valence-electron chi connectivity index (χ1n) is 5.47. The van der Waals surface area contributed by atoms with Crippen LogP contribution >= 0.6 is 0 Å². The molecule has 0 atom stereocenters. The van der Waals surface area contributed by atoms with Gasteiger partial charge in [-0.15, -0.1) is 0 Å². The highest BCUT2D eigenvalue weighted by Crippen LogP contribution is 2.25. The SMILES string of the molecule is COc1ccc2c(c1)c(C)cn2CCC(=O)O. The van der Waals surface area contributed by atoms with Crippen molar-refractivity contribution in [2.75, 3.05) is 7.11 Å². The van der Waals surface area contributed by atoms with Crippen molar-refractivity contribution >= 4 is 16.9 Å². The average molecular weight is 233 g/mol. The highest BCUT2D eigenvalue weighted by atomic mass is 16.5. The molecule has 1 N–H and O–H groups in total. The number of ether oxygens (including phenoxy) is 1. The van der Waals surface area contributed by atoms with Crippen molar-refractivity contribution in [1.82, 2.24) is 4.57 Å². The topological polar surface area (TPSA) is 51.5 Å². The van der Waals surface area contributed by atoms with E-state index < -0.39 is 5.97 Å². The smallest absolute Gasteiger partial charge is 0.305 e. The molecule has 0 unspecified atom stereocenters. The predicted octanol–water partition coefficient (Wildman–Crippen LogP) is 2.43. The number of hydrogen-bond donors (Lipinski definition) is 1. The number of carbonyl (C=O) groups is 1. The van der Waals surface area contributed by atoms with E-state index in [4.69, 9.17) is 9.84 Å². The minimum Gasteiger partial charge on any atom is -0.497 e. The summed E-state index contributed by atoms with van der Waals surface area (Å²) in [6.07, 6.45) is 2.11. The molecule has 0 aliphatic carbocycles. The van der Waals surface area contributed by atoms with Crippen LogP contribution in [0, 0.1) is 6.92 Å². The van der Waals surface area contributed by atoms with Crippen molar-refractivity contribution in [2.24, 2.45) is 0 Å². The van der Waals surface area contributed by atoms with E-state index in [1.165, 1.54) is 0 Å². The zero-order valence-corrected chi connectivity index (χ0v) is 9.93. The minimum atomic E-state index is -0.780. The molecule has 0 bridgehead atoms. The Bertz CT molecular complexity index is 557. The molecule has 4 heteroatoms. The van der Waals surface area contributed by atoms with Crippen LogP contribution in [0.5, 0.6) is 5.75 Å². The van der Waals surface area contributed by atoms with E-state index in [-0.39, 0.29) is 6.42 Å². The Morgan fingerprint density at radius 3 is 2.88 bits per heavy atom. The molecule has 0 aliphatic heterocycles. The van der Waals surface area contributed by atoms with Crippen LogP contribution in [0.1, 0.15) is 12.0 Å². The number of carboxylic acids is 1. The summed E-state index contributed by atoms with van der Waals surface area (Å²) in [7, 11) is 1.64. The summed E-state index contributed by atoms with van der Waals surface area (Å²) in [6, 6.07) is 5.82. The van der Waals surface area contributed by atoms with Crippen LogP contribution in [-0.2, 0) is 11.3 Å². The monoisotopic (exact) mass is 233 g/mol. The molecule has 2 aromatic rings. The maximum absolute atomic E-state index is 10.6. The second-order valence-corrected chi connectivity index (χ2v) is 4.03. The molecule has 2 rings (SSSR count). The Labute approximate surface area is 99.4 Å². The number of fused-ring (bicyclic) bond motifs is 1. The Hall–Kier alpha value is -1.97. The lowest BCUT2D eigenvalue weighted by Crippen LogP contribution is -2.03. The normalized spacial score (nSPS) is 10.7. The first-order valence-corrected chi connectivity index (χ1v) is 5.47. The summed E-state index contributed by atoms with van der Waals surface area (Å²) < 4.78 is 7.15. The van der Waals surface area contributed by atoms with Gasteiger partial charge in [-0.2, -0.15) is 0 Å². The maximum atomic E-state index is 10.6. The standard InChI is InChI=1S/C13H15NO3/c1-9-8-14(6-5-13(15)16)12-4-3-10(17-2)7-11(9)12/h3-4,7-8H,5-6H2,1-2H3,(H,15,16). The maximum Gasteiger partial charge on any atom is 0.305 e. The number of aryl methyl sites for hydroxylation is 2. The number of rotatable bonds is 4. The Morgan fingerprint density at radius 2 is 2.24 bits per heavy atom. The second-order valence-electron chi connectivity index (χ2n) is 4.03. The molecular formula is C13H15NO3. The van der Waals surface area contributed by atoms with Crippen molar-refractivity contribution < 1.29 is 14.6 Å².